The molecule has 1 N–H and O–H groups in total. The Morgan fingerprint density at radius 2 is 1.63 bits per heavy atom. The molecule has 0 aliphatic carbocycles. The maximum Gasteiger partial charge on any atom is 0.124 e. The number of aryl methyl sites for hydroxylation is 1. The van der Waals surface area contributed by atoms with Crippen LogP contribution >= 0.6 is 0 Å². The summed E-state index contributed by atoms with van der Waals surface area (Å²) in [6.45, 7) is 1.95. The van der Waals surface area contributed by atoms with Crippen LogP contribution in [0, 0.1) is 6.92 Å². The van der Waals surface area contributed by atoms with Gasteiger partial charge in [-0.25, -0.2) is 4.68 Å². The third-order valence-corrected chi connectivity index (χ3v) is 3.01. The number of phenols is 1. The first-order valence-corrected chi connectivity index (χ1v) is 6.16. The number of aromatic hydroxyl groups is 1. The van der Waals surface area contributed by atoms with E-state index in [1.165, 1.54) is 0 Å². The molecule has 3 nitrogen and oxygen atoms in total. The molecular weight excluding hydrogens is 236 g/mol. The fourth-order valence-electron chi connectivity index (χ4n) is 2.15. The topological polar surface area (TPSA) is 38.0 Å². The van der Waals surface area contributed by atoms with Crippen molar-refractivity contribution in [1.82, 2.24) is 9.78 Å². The van der Waals surface area contributed by atoms with Gasteiger partial charge in [-0.2, -0.15) is 5.10 Å². The van der Waals surface area contributed by atoms with E-state index < -0.39 is 0 Å². The average molecular weight is 250 g/mol. The van der Waals surface area contributed by atoms with E-state index in [0.717, 1.165) is 22.6 Å². The van der Waals surface area contributed by atoms with E-state index in [4.69, 9.17) is 0 Å². The van der Waals surface area contributed by atoms with E-state index in [9.17, 15) is 5.11 Å². The first-order valence-electron chi connectivity index (χ1n) is 6.16. The molecule has 0 atom stereocenters. The predicted molar refractivity (Wildman–Crippen MR) is 75.4 cm³/mol. The van der Waals surface area contributed by atoms with E-state index in [-0.39, 0.29) is 5.75 Å². The summed E-state index contributed by atoms with van der Waals surface area (Å²) in [7, 11) is 0. The molecule has 3 heteroatoms. The maximum atomic E-state index is 10.0. The molecule has 2 aromatic carbocycles. The predicted octanol–water partition coefficient (Wildman–Crippen LogP) is 3.55. The van der Waals surface area contributed by atoms with Crippen LogP contribution in [-0.4, -0.2) is 14.9 Å². The number of rotatable bonds is 2. The standard InChI is InChI=1S/C16H14N2O/c1-12-11-15(14-9-5-6-10-16(14)19)18(17-12)13-7-3-2-4-8-13/h2-11,19H,1H3. The Morgan fingerprint density at radius 1 is 0.947 bits per heavy atom. The third kappa shape index (κ3) is 2.10. The lowest BCUT2D eigenvalue weighted by Crippen LogP contribution is -1.98. The normalized spacial score (nSPS) is 10.6. The van der Waals surface area contributed by atoms with Gasteiger partial charge in [0.05, 0.1) is 17.1 Å². The molecule has 0 aliphatic rings. The summed E-state index contributed by atoms with van der Waals surface area (Å²) in [5.74, 6) is 0.264. The van der Waals surface area contributed by atoms with Crippen molar-refractivity contribution >= 4 is 0 Å². The van der Waals surface area contributed by atoms with Crippen LogP contribution in [0.15, 0.2) is 60.7 Å². The second-order valence-electron chi connectivity index (χ2n) is 4.44. The second kappa shape index (κ2) is 4.61. The highest BCUT2D eigenvalue weighted by molar-refractivity contribution is 5.69. The molecule has 0 amide bonds. The van der Waals surface area contributed by atoms with Gasteiger partial charge in [0.1, 0.15) is 5.75 Å². The Labute approximate surface area is 111 Å². The summed E-state index contributed by atoms with van der Waals surface area (Å²) in [6, 6.07) is 19.2. The highest BCUT2D eigenvalue weighted by Gasteiger charge is 2.12. The first kappa shape index (κ1) is 11.5. The highest BCUT2D eigenvalue weighted by Crippen LogP contribution is 2.30. The highest BCUT2D eigenvalue weighted by atomic mass is 16.3. The number of benzene rings is 2. The molecule has 0 radical (unpaired) electrons. The minimum Gasteiger partial charge on any atom is -0.507 e. The Morgan fingerprint density at radius 3 is 2.37 bits per heavy atom. The first-order chi connectivity index (χ1) is 9.25. The number of aromatic nitrogens is 2. The van der Waals surface area contributed by atoms with E-state index >= 15 is 0 Å². The Kier molecular flexibility index (Phi) is 2.80. The zero-order valence-corrected chi connectivity index (χ0v) is 10.6. The van der Waals surface area contributed by atoms with Crippen molar-refractivity contribution in [2.75, 3.05) is 0 Å². The van der Waals surface area contributed by atoms with Crippen LogP contribution < -0.4 is 0 Å². The second-order valence-corrected chi connectivity index (χ2v) is 4.44. The van der Waals surface area contributed by atoms with Crippen LogP contribution in [0.3, 0.4) is 0 Å². The van der Waals surface area contributed by atoms with Crippen LogP contribution in [0.1, 0.15) is 5.69 Å². The summed E-state index contributed by atoms with van der Waals surface area (Å²) < 4.78 is 1.85. The van der Waals surface area contributed by atoms with Gasteiger partial charge in [-0.3, -0.25) is 0 Å². The van der Waals surface area contributed by atoms with Gasteiger partial charge in [-0.1, -0.05) is 30.3 Å². The lowest BCUT2D eigenvalue weighted by molar-refractivity contribution is 0.477. The van der Waals surface area contributed by atoms with E-state index in [1.54, 1.807) is 6.07 Å². The molecule has 3 rings (SSSR count). The van der Waals surface area contributed by atoms with Gasteiger partial charge in [-0.15, -0.1) is 0 Å². The molecule has 1 aromatic heterocycles. The van der Waals surface area contributed by atoms with Crippen molar-refractivity contribution < 1.29 is 5.11 Å². The summed E-state index contributed by atoms with van der Waals surface area (Å²) in [4.78, 5) is 0. The quantitative estimate of drug-likeness (QED) is 0.755. The molecule has 94 valence electrons. The lowest BCUT2D eigenvalue weighted by atomic mass is 10.1. The molecular formula is C16H14N2O. The number of para-hydroxylation sites is 2. The number of phenolic OH excluding ortho intramolecular Hbond substituents is 1. The van der Waals surface area contributed by atoms with E-state index in [0.29, 0.717) is 0 Å². The van der Waals surface area contributed by atoms with Crippen molar-refractivity contribution in [3.05, 3.63) is 66.4 Å². The monoisotopic (exact) mass is 250 g/mol. The van der Waals surface area contributed by atoms with Crippen LogP contribution in [0.5, 0.6) is 5.75 Å². The molecule has 0 bridgehead atoms. The van der Waals surface area contributed by atoms with Gasteiger partial charge in [0.2, 0.25) is 0 Å². The van der Waals surface area contributed by atoms with Gasteiger partial charge in [0.25, 0.3) is 0 Å². The van der Waals surface area contributed by atoms with Gasteiger partial charge in [0.15, 0.2) is 0 Å². The minimum absolute atomic E-state index is 0.264. The van der Waals surface area contributed by atoms with Crippen molar-refractivity contribution in [1.29, 1.82) is 0 Å². The van der Waals surface area contributed by atoms with Gasteiger partial charge >= 0.3 is 0 Å². The fourth-order valence-corrected chi connectivity index (χ4v) is 2.15. The number of hydrogen-bond acceptors (Lipinski definition) is 2. The van der Waals surface area contributed by atoms with Gasteiger partial charge in [-0.05, 0) is 37.3 Å². The number of hydrogen-bond donors (Lipinski definition) is 1. The van der Waals surface area contributed by atoms with Crippen LogP contribution in [0.2, 0.25) is 0 Å². The smallest absolute Gasteiger partial charge is 0.124 e. The van der Waals surface area contributed by atoms with Gasteiger partial charge in [0, 0.05) is 5.56 Å². The number of nitrogens with zero attached hydrogens (tertiary/aromatic N) is 2. The minimum atomic E-state index is 0.264. The van der Waals surface area contributed by atoms with Gasteiger partial charge < -0.3 is 5.11 Å². The average Bonchev–Trinajstić information content (AvgIpc) is 2.82. The largest absolute Gasteiger partial charge is 0.507 e. The summed E-state index contributed by atoms with van der Waals surface area (Å²) in [5, 5.41) is 14.5. The molecule has 0 fully saturated rings. The lowest BCUT2D eigenvalue weighted by Gasteiger charge is -2.08. The molecule has 3 aromatic rings. The Hall–Kier alpha value is -2.55. The van der Waals surface area contributed by atoms with Crippen molar-refractivity contribution in [3.8, 4) is 22.7 Å². The summed E-state index contributed by atoms with van der Waals surface area (Å²) >= 11 is 0. The van der Waals surface area contributed by atoms with Crippen molar-refractivity contribution in [2.45, 2.75) is 6.92 Å². The van der Waals surface area contributed by atoms with Crippen LogP contribution in [0.25, 0.3) is 16.9 Å². The molecule has 0 saturated carbocycles. The Balaban J connectivity index is 2.21. The summed E-state index contributed by atoms with van der Waals surface area (Å²) in [6.07, 6.45) is 0. The molecule has 0 unspecified atom stereocenters. The van der Waals surface area contributed by atoms with Crippen molar-refractivity contribution in [2.24, 2.45) is 0 Å². The van der Waals surface area contributed by atoms with E-state index in [2.05, 4.69) is 5.10 Å². The molecule has 19 heavy (non-hydrogen) atoms. The molecule has 0 aliphatic heterocycles. The summed E-state index contributed by atoms with van der Waals surface area (Å²) in [5.41, 5.74) is 3.57. The molecule has 0 saturated heterocycles. The van der Waals surface area contributed by atoms with Crippen LogP contribution in [0.4, 0.5) is 0 Å². The fraction of sp³-hybridized carbons (Fsp3) is 0.0625. The maximum absolute atomic E-state index is 10.0. The zero-order valence-electron chi connectivity index (χ0n) is 10.6. The van der Waals surface area contributed by atoms with Crippen molar-refractivity contribution in [3.63, 3.8) is 0 Å². The SMILES string of the molecule is Cc1cc(-c2ccccc2O)n(-c2ccccc2)n1. The molecule has 1 heterocycles. The zero-order chi connectivity index (χ0) is 13.2. The van der Waals surface area contributed by atoms with E-state index in [1.807, 2.05) is 66.2 Å². The Bertz CT molecular complexity index is 702. The van der Waals surface area contributed by atoms with Crippen LogP contribution in [-0.2, 0) is 0 Å². The third-order valence-electron chi connectivity index (χ3n) is 3.01. The molecule has 0 spiro atoms.